The molecule has 3 aromatic rings. The van der Waals surface area contributed by atoms with E-state index in [0.29, 0.717) is 24.5 Å². The van der Waals surface area contributed by atoms with E-state index in [1.165, 1.54) is 23.7 Å². The summed E-state index contributed by atoms with van der Waals surface area (Å²) in [4.78, 5) is 35.8. The zero-order valence-corrected chi connectivity index (χ0v) is 17.4. The van der Waals surface area contributed by atoms with Crippen LogP contribution in [0.25, 0.3) is 22.7 Å². The van der Waals surface area contributed by atoms with E-state index in [1.807, 2.05) is 30.3 Å². The molecule has 2 aromatic heterocycles. The van der Waals surface area contributed by atoms with E-state index in [0.717, 1.165) is 27.6 Å². The lowest BCUT2D eigenvalue weighted by molar-refractivity contribution is -0.126. The smallest absolute Gasteiger partial charge is 0.267 e. The number of amides is 2. The summed E-state index contributed by atoms with van der Waals surface area (Å²) in [5.74, 6) is -0.719. The molecule has 0 fully saturated rings. The molecule has 0 atom stereocenters. The third-order valence-corrected chi connectivity index (χ3v) is 5.90. The van der Waals surface area contributed by atoms with E-state index >= 15 is 0 Å². The van der Waals surface area contributed by atoms with Crippen LogP contribution in [0.4, 0.5) is 0 Å². The summed E-state index contributed by atoms with van der Waals surface area (Å²) in [7, 11) is 0. The number of carbonyl (C=O) groups is 2. The molecule has 0 saturated carbocycles. The van der Waals surface area contributed by atoms with E-state index in [-0.39, 0.29) is 5.91 Å². The molecule has 0 unspecified atom stereocenters. The van der Waals surface area contributed by atoms with Crippen LogP contribution in [0.3, 0.4) is 0 Å². The quantitative estimate of drug-likeness (QED) is 0.366. The summed E-state index contributed by atoms with van der Waals surface area (Å²) >= 11 is 1.64. The van der Waals surface area contributed by atoms with Crippen LogP contribution in [0, 0.1) is 0 Å². The summed E-state index contributed by atoms with van der Waals surface area (Å²) in [6.45, 7) is 1.18. The molecule has 4 rings (SSSR count). The molecule has 2 N–H and O–H groups in total. The number of hydrogen-bond donors (Lipinski definition) is 2. The number of nitrogens with zero attached hydrogens (tertiary/aromatic N) is 3. The number of fused-ring (bicyclic) bond motifs is 1. The van der Waals surface area contributed by atoms with Crippen LogP contribution in [0.5, 0.6) is 0 Å². The van der Waals surface area contributed by atoms with Gasteiger partial charge in [-0.25, -0.2) is 15.4 Å². The maximum absolute atomic E-state index is 12.7. The van der Waals surface area contributed by atoms with E-state index in [9.17, 15) is 9.59 Å². The first-order chi connectivity index (χ1) is 15.1. The fraction of sp³-hybridized carbons (Fsp3) is 0.130. The fourth-order valence-corrected chi connectivity index (χ4v) is 4.33. The molecule has 156 valence electrons. The number of aromatic nitrogens is 2. The Hall–Kier alpha value is -3.62. The number of thiazole rings is 1. The van der Waals surface area contributed by atoms with Crippen molar-refractivity contribution < 1.29 is 14.8 Å². The second kappa shape index (κ2) is 9.46. The number of pyridine rings is 1. The van der Waals surface area contributed by atoms with Gasteiger partial charge >= 0.3 is 0 Å². The molecule has 1 aliphatic heterocycles. The van der Waals surface area contributed by atoms with Gasteiger partial charge in [-0.15, -0.1) is 11.3 Å². The van der Waals surface area contributed by atoms with Gasteiger partial charge in [-0.3, -0.25) is 14.8 Å². The minimum Gasteiger partial charge on any atom is -0.334 e. The summed E-state index contributed by atoms with van der Waals surface area (Å²) in [5, 5.41) is 9.51. The molecular formula is C23H20N4O3S. The van der Waals surface area contributed by atoms with E-state index in [2.05, 4.69) is 4.98 Å². The van der Waals surface area contributed by atoms with Gasteiger partial charge in [-0.2, -0.15) is 0 Å². The largest absolute Gasteiger partial charge is 0.334 e. The molecule has 0 spiro atoms. The topological polar surface area (TPSA) is 95.4 Å². The van der Waals surface area contributed by atoms with Crippen molar-refractivity contribution in [3.05, 3.63) is 82.6 Å². The Balaban J connectivity index is 1.42. The van der Waals surface area contributed by atoms with Gasteiger partial charge in [0.1, 0.15) is 5.01 Å². The van der Waals surface area contributed by atoms with Crippen molar-refractivity contribution in [2.75, 3.05) is 6.54 Å². The second-order valence-corrected chi connectivity index (χ2v) is 7.98. The third kappa shape index (κ3) is 5.11. The van der Waals surface area contributed by atoms with Crippen molar-refractivity contribution in [2.24, 2.45) is 0 Å². The first-order valence-corrected chi connectivity index (χ1v) is 10.5. The summed E-state index contributed by atoms with van der Waals surface area (Å²) in [5.41, 5.74) is 4.83. The van der Waals surface area contributed by atoms with Gasteiger partial charge in [0.2, 0.25) is 5.91 Å². The van der Waals surface area contributed by atoms with Gasteiger partial charge in [-0.1, -0.05) is 36.4 Å². The maximum Gasteiger partial charge on any atom is 0.267 e. The van der Waals surface area contributed by atoms with E-state index in [4.69, 9.17) is 10.2 Å². The van der Waals surface area contributed by atoms with Crippen molar-refractivity contribution in [3.8, 4) is 10.6 Å². The number of hydrogen-bond acceptors (Lipinski definition) is 6. The lowest BCUT2D eigenvalue weighted by atomic mass is 10.1. The van der Waals surface area contributed by atoms with Crippen LogP contribution < -0.4 is 5.48 Å². The van der Waals surface area contributed by atoms with E-state index < -0.39 is 5.91 Å². The number of rotatable bonds is 5. The van der Waals surface area contributed by atoms with Crippen LogP contribution in [0.2, 0.25) is 0 Å². The maximum atomic E-state index is 12.7. The first-order valence-electron chi connectivity index (χ1n) is 9.72. The number of nitrogens with one attached hydrogen (secondary N) is 1. The van der Waals surface area contributed by atoms with Crippen LogP contribution in [0.15, 0.2) is 60.7 Å². The highest BCUT2D eigenvalue weighted by Crippen LogP contribution is 2.31. The Labute approximate surface area is 183 Å². The van der Waals surface area contributed by atoms with E-state index in [1.54, 1.807) is 40.5 Å². The fourth-order valence-electron chi connectivity index (χ4n) is 3.20. The molecule has 0 bridgehead atoms. The molecule has 3 heterocycles. The van der Waals surface area contributed by atoms with Gasteiger partial charge in [0.15, 0.2) is 0 Å². The van der Waals surface area contributed by atoms with Gasteiger partial charge in [-0.05, 0) is 24.3 Å². The Morgan fingerprint density at radius 2 is 1.74 bits per heavy atom. The van der Waals surface area contributed by atoms with Crippen molar-refractivity contribution in [3.63, 3.8) is 0 Å². The number of carbonyl (C=O) groups excluding carboxylic acids is 2. The standard InChI is InChI=1S/C23H20N4O3S/c28-21(26-30)11-9-17-7-4-8-18(24-17)10-12-22(29)27-14-13-19-20(15-27)31-23(25-19)16-5-2-1-3-6-16/h1-12,30H,13-15H2,(H,26,28)/b11-9+,12-10+. The molecule has 1 aromatic carbocycles. The molecule has 31 heavy (non-hydrogen) atoms. The van der Waals surface area contributed by atoms with Crippen LogP contribution in [0.1, 0.15) is 22.0 Å². The minimum absolute atomic E-state index is 0.0808. The van der Waals surface area contributed by atoms with Crippen molar-refractivity contribution in [2.45, 2.75) is 13.0 Å². The monoisotopic (exact) mass is 432 g/mol. The second-order valence-electron chi connectivity index (χ2n) is 6.89. The molecule has 1 aliphatic rings. The minimum atomic E-state index is -0.638. The third-order valence-electron chi connectivity index (χ3n) is 4.77. The molecule has 0 radical (unpaired) electrons. The zero-order valence-electron chi connectivity index (χ0n) is 16.6. The van der Waals surface area contributed by atoms with Crippen LogP contribution in [-0.4, -0.2) is 38.4 Å². The number of hydroxylamine groups is 1. The van der Waals surface area contributed by atoms with Crippen LogP contribution in [-0.2, 0) is 22.6 Å². The van der Waals surface area contributed by atoms with Gasteiger partial charge in [0, 0.05) is 35.6 Å². The van der Waals surface area contributed by atoms with Crippen molar-refractivity contribution >= 4 is 35.3 Å². The lowest BCUT2D eigenvalue weighted by Crippen LogP contribution is -2.34. The highest BCUT2D eigenvalue weighted by molar-refractivity contribution is 7.15. The Morgan fingerprint density at radius 3 is 2.48 bits per heavy atom. The summed E-state index contributed by atoms with van der Waals surface area (Å²) in [6, 6.07) is 15.3. The molecule has 0 aliphatic carbocycles. The van der Waals surface area contributed by atoms with Crippen molar-refractivity contribution in [1.82, 2.24) is 20.3 Å². The highest BCUT2D eigenvalue weighted by Gasteiger charge is 2.23. The molecule has 2 amide bonds. The van der Waals surface area contributed by atoms with Gasteiger partial charge in [0.25, 0.3) is 5.91 Å². The first kappa shape index (κ1) is 20.6. The number of benzene rings is 1. The van der Waals surface area contributed by atoms with Crippen molar-refractivity contribution in [1.29, 1.82) is 0 Å². The highest BCUT2D eigenvalue weighted by atomic mass is 32.1. The van der Waals surface area contributed by atoms with Crippen LogP contribution >= 0.6 is 11.3 Å². The SMILES string of the molecule is O=C(/C=C/c1cccc(/C=C/C(=O)N2CCc3nc(-c4ccccc4)sc3C2)n1)NO. The average Bonchev–Trinajstić information content (AvgIpc) is 3.25. The molecule has 8 heteroatoms. The predicted molar refractivity (Wildman–Crippen MR) is 119 cm³/mol. The zero-order chi connectivity index (χ0) is 21.6. The summed E-state index contributed by atoms with van der Waals surface area (Å²) < 4.78 is 0. The lowest BCUT2D eigenvalue weighted by Gasteiger charge is -2.24. The normalized spacial score (nSPS) is 13.5. The Kier molecular flexibility index (Phi) is 6.30. The van der Waals surface area contributed by atoms with Gasteiger partial charge in [0.05, 0.1) is 23.6 Å². The molecule has 0 saturated heterocycles. The summed E-state index contributed by atoms with van der Waals surface area (Å²) in [6.07, 6.45) is 6.56. The molecule has 7 nitrogen and oxygen atoms in total. The average molecular weight is 433 g/mol. The predicted octanol–water partition coefficient (Wildman–Crippen LogP) is 3.32. The Bertz CT molecular complexity index is 1150. The van der Waals surface area contributed by atoms with Gasteiger partial charge < -0.3 is 4.90 Å². The Morgan fingerprint density at radius 1 is 1.00 bits per heavy atom. The molecular weight excluding hydrogens is 412 g/mol.